The fourth-order valence-electron chi connectivity index (χ4n) is 1.25. The number of rotatable bonds is 3. The number of non-ortho nitro benzene ring substituents is 1. The van der Waals surface area contributed by atoms with Gasteiger partial charge in [0.15, 0.2) is 0 Å². The molecule has 7 nitrogen and oxygen atoms in total. The lowest BCUT2D eigenvalue weighted by Crippen LogP contribution is -2.19. The van der Waals surface area contributed by atoms with Gasteiger partial charge in [-0.1, -0.05) is 11.8 Å². The van der Waals surface area contributed by atoms with Crippen LogP contribution in [0.3, 0.4) is 0 Å². The van der Waals surface area contributed by atoms with Crippen LogP contribution in [0.25, 0.3) is 0 Å². The Hall–Kier alpha value is -2.88. The van der Waals surface area contributed by atoms with Crippen molar-refractivity contribution in [1.29, 1.82) is 0 Å². The van der Waals surface area contributed by atoms with E-state index in [1.165, 1.54) is 19.1 Å². The number of nitrogens with one attached hydrogen (secondary N) is 1. The van der Waals surface area contributed by atoms with Gasteiger partial charge in [0.25, 0.3) is 5.69 Å². The minimum Gasteiger partial charge on any atom is -0.366 e. The van der Waals surface area contributed by atoms with Gasteiger partial charge in [-0.15, -0.1) is 0 Å². The molecule has 7 heteroatoms. The van der Waals surface area contributed by atoms with Crippen LogP contribution in [0.4, 0.5) is 5.69 Å². The lowest BCUT2D eigenvalue weighted by Gasteiger charge is -1.98. The summed E-state index contributed by atoms with van der Waals surface area (Å²) in [5.41, 5.74) is 5.11. The van der Waals surface area contributed by atoms with Crippen molar-refractivity contribution in [2.45, 2.75) is 6.92 Å². The largest absolute Gasteiger partial charge is 0.366 e. The quantitative estimate of drug-likeness (QED) is 0.458. The first kappa shape index (κ1) is 14.2. The molecule has 0 bridgehead atoms. The van der Waals surface area contributed by atoms with Crippen molar-refractivity contribution in [2.75, 3.05) is 6.54 Å². The number of carbonyl (C=O) groups excluding carboxylic acids is 2. The monoisotopic (exact) mass is 261 g/mol. The molecular formula is C12H11N3O4. The van der Waals surface area contributed by atoms with Crippen molar-refractivity contribution in [2.24, 2.45) is 5.73 Å². The molecular weight excluding hydrogens is 250 g/mol. The third kappa shape index (κ3) is 4.47. The Morgan fingerprint density at radius 1 is 1.42 bits per heavy atom. The van der Waals surface area contributed by atoms with Crippen LogP contribution in [0, 0.1) is 22.0 Å². The van der Waals surface area contributed by atoms with Gasteiger partial charge in [0, 0.05) is 30.2 Å². The van der Waals surface area contributed by atoms with Crippen molar-refractivity contribution >= 4 is 17.5 Å². The number of benzene rings is 1. The molecule has 1 aromatic carbocycles. The Balaban J connectivity index is 3.03. The number of nitro groups is 1. The average Bonchev–Trinajstić information content (AvgIpc) is 2.34. The van der Waals surface area contributed by atoms with E-state index < -0.39 is 10.8 Å². The second kappa shape index (κ2) is 6.16. The second-order valence-corrected chi connectivity index (χ2v) is 3.60. The van der Waals surface area contributed by atoms with Gasteiger partial charge in [0.2, 0.25) is 11.8 Å². The molecule has 2 amide bonds. The molecule has 0 aliphatic rings. The third-order valence-corrected chi connectivity index (χ3v) is 2.07. The van der Waals surface area contributed by atoms with Crippen molar-refractivity contribution < 1.29 is 14.5 Å². The Morgan fingerprint density at radius 3 is 2.63 bits per heavy atom. The Labute approximate surface area is 108 Å². The highest BCUT2D eigenvalue weighted by Crippen LogP contribution is 2.16. The van der Waals surface area contributed by atoms with E-state index in [1.54, 1.807) is 0 Å². The molecule has 0 saturated heterocycles. The minimum absolute atomic E-state index is 0.0121. The Bertz CT molecular complexity index is 566. The minimum atomic E-state index is -0.770. The molecule has 0 unspecified atom stereocenters. The average molecular weight is 261 g/mol. The molecule has 1 rings (SSSR count). The molecule has 0 radical (unpaired) electrons. The summed E-state index contributed by atoms with van der Waals surface area (Å²) in [7, 11) is 0. The van der Waals surface area contributed by atoms with Crippen LogP contribution in [0.5, 0.6) is 0 Å². The molecule has 0 saturated carbocycles. The second-order valence-electron chi connectivity index (χ2n) is 3.60. The summed E-state index contributed by atoms with van der Waals surface area (Å²) >= 11 is 0. The van der Waals surface area contributed by atoms with Gasteiger partial charge in [0.1, 0.15) is 0 Å². The molecule has 0 spiro atoms. The number of nitrogens with zero attached hydrogens (tertiary/aromatic N) is 1. The summed E-state index contributed by atoms with van der Waals surface area (Å²) in [4.78, 5) is 31.7. The number of hydrogen-bond donors (Lipinski definition) is 2. The van der Waals surface area contributed by atoms with Crippen molar-refractivity contribution in [3.05, 3.63) is 39.4 Å². The van der Waals surface area contributed by atoms with E-state index in [0.717, 1.165) is 6.07 Å². The first-order chi connectivity index (χ1) is 8.90. The zero-order chi connectivity index (χ0) is 14.4. The smallest absolute Gasteiger partial charge is 0.271 e. The van der Waals surface area contributed by atoms with Gasteiger partial charge in [-0.05, 0) is 6.07 Å². The maximum absolute atomic E-state index is 11.0. The summed E-state index contributed by atoms with van der Waals surface area (Å²) in [5, 5.41) is 13.1. The highest BCUT2D eigenvalue weighted by Gasteiger charge is 2.11. The van der Waals surface area contributed by atoms with Gasteiger partial charge >= 0.3 is 0 Å². The first-order valence-corrected chi connectivity index (χ1v) is 5.22. The van der Waals surface area contributed by atoms with Crippen LogP contribution in [-0.4, -0.2) is 23.3 Å². The number of amides is 2. The zero-order valence-corrected chi connectivity index (χ0v) is 10.1. The molecule has 3 N–H and O–H groups in total. The van der Waals surface area contributed by atoms with E-state index in [4.69, 9.17) is 5.73 Å². The summed E-state index contributed by atoms with van der Waals surface area (Å²) in [6.45, 7) is 1.46. The molecule has 1 aromatic rings. The van der Waals surface area contributed by atoms with Crippen molar-refractivity contribution in [3.8, 4) is 11.8 Å². The maximum atomic E-state index is 11.0. The van der Waals surface area contributed by atoms with E-state index >= 15 is 0 Å². The van der Waals surface area contributed by atoms with E-state index in [0.29, 0.717) is 0 Å². The normalized spacial score (nSPS) is 9.11. The number of hydrogen-bond acceptors (Lipinski definition) is 4. The molecule has 19 heavy (non-hydrogen) atoms. The standard InChI is InChI=1S/C12H11N3O4/c1-8(16)14-4-2-3-9-5-10(12(13)17)7-11(6-9)15(18)19/h5-7H,4H2,1H3,(H2,13,17)(H,14,16). The van der Waals surface area contributed by atoms with Gasteiger partial charge in [-0.3, -0.25) is 19.7 Å². The summed E-state index contributed by atoms with van der Waals surface area (Å²) in [6.07, 6.45) is 0. The molecule has 0 fully saturated rings. The van der Waals surface area contributed by atoms with Crippen LogP contribution >= 0.6 is 0 Å². The lowest BCUT2D eigenvalue weighted by atomic mass is 10.1. The van der Waals surface area contributed by atoms with Crippen molar-refractivity contribution in [1.82, 2.24) is 5.32 Å². The van der Waals surface area contributed by atoms with Crippen LogP contribution in [-0.2, 0) is 4.79 Å². The molecule has 0 atom stereocenters. The number of nitro benzene ring substituents is 1. The highest BCUT2D eigenvalue weighted by molar-refractivity contribution is 5.93. The fraction of sp³-hybridized carbons (Fsp3) is 0.167. The van der Waals surface area contributed by atoms with E-state index in [-0.39, 0.29) is 29.3 Å². The predicted octanol–water partition coefficient (Wildman–Crippen LogP) is 0.181. The first-order valence-electron chi connectivity index (χ1n) is 5.22. The van der Waals surface area contributed by atoms with Crippen LogP contribution in [0.2, 0.25) is 0 Å². The third-order valence-electron chi connectivity index (χ3n) is 2.07. The van der Waals surface area contributed by atoms with Gasteiger partial charge in [-0.25, -0.2) is 0 Å². The van der Waals surface area contributed by atoms with E-state index in [9.17, 15) is 19.7 Å². The summed E-state index contributed by atoms with van der Waals surface area (Å²) in [5.74, 6) is 4.22. The van der Waals surface area contributed by atoms with Crippen LogP contribution in [0.1, 0.15) is 22.8 Å². The summed E-state index contributed by atoms with van der Waals surface area (Å²) in [6, 6.07) is 3.67. The maximum Gasteiger partial charge on any atom is 0.271 e. The Kier molecular flexibility index (Phi) is 4.60. The lowest BCUT2D eigenvalue weighted by molar-refractivity contribution is -0.384. The van der Waals surface area contributed by atoms with Crippen LogP contribution in [0.15, 0.2) is 18.2 Å². The topological polar surface area (TPSA) is 115 Å². The molecule has 0 aliphatic heterocycles. The highest BCUT2D eigenvalue weighted by atomic mass is 16.6. The van der Waals surface area contributed by atoms with E-state index in [1.807, 2.05) is 0 Å². The van der Waals surface area contributed by atoms with Gasteiger partial charge in [0.05, 0.1) is 11.5 Å². The molecule has 0 aliphatic carbocycles. The van der Waals surface area contributed by atoms with Crippen molar-refractivity contribution in [3.63, 3.8) is 0 Å². The Morgan fingerprint density at radius 2 is 2.11 bits per heavy atom. The van der Waals surface area contributed by atoms with E-state index in [2.05, 4.69) is 17.2 Å². The molecule has 0 aromatic heterocycles. The van der Waals surface area contributed by atoms with Gasteiger partial charge < -0.3 is 11.1 Å². The fourth-order valence-corrected chi connectivity index (χ4v) is 1.25. The predicted molar refractivity (Wildman–Crippen MR) is 67.2 cm³/mol. The number of primary amides is 1. The molecule has 0 heterocycles. The number of carbonyl (C=O) groups is 2. The summed E-state index contributed by atoms with van der Waals surface area (Å²) < 4.78 is 0. The molecule has 98 valence electrons. The van der Waals surface area contributed by atoms with Crippen LogP contribution < -0.4 is 11.1 Å². The zero-order valence-electron chi connectivity index (χ0n) is 10.1. The SMILES string of the molecule is CC(=O)NCC#Cc1cc(C(N)=O)cc([N+](=O)[O-])c1. The van der Waals surface area contributed by atoms with Gasteiger partial charge in [-0.2, -0.15) is 0 Å². The number of nitrogens with two attached hydrogens (primary N) is 1.